The van der Waals surface area contributed by atoms with Crippen LogP contribution in [0.2, 0.25) is 0 Å². The average molecular weight is 723 g/mol. The molecule has 5 rings (SSSR count). The number of hydrogen-bond acceptors (Lipinski definition) is 10. The molecule has 15 heteroatoms. The van der Waals surface area contributed by atoms with Gasteiger partial charge in [-0.1, -0.05) is 59.5 Å². The van der Waals surface area contributed by atoms with Crippen LogP contribution in [-0.2, 0) is 32.2 Å². The third-order valence-electron chi connectivity index (χ3n) is 12.7. The maximum Gasteiger partial charge on any atom is 0.474 e. The first-order chi connectivity index (χ1) is 22.3. The Bertz CT molecular complexity index is 1300. The van der Waals surface area contributed by atoms with Gasteiger partial charge in [0.2, 0.25) is 0 Å². The number of hydrogen-bond donors (Lipinski definition) is 6. The van der Waals surface area contributed by atoms with Crippen molar-refractivity contribution >= 4 is 21.4 Å². The molecule has 1 unspecified atom stereocenters. The molecule has 1 heterocycles. The minimum atomic E-state index is -4.97. The van der Waals surface area contributed by atoms with Crippen LogP contribution in [0.1, 0.15) is 98.8 Å². The van der Waals surface area contributed by atoms with Gasteiger partial charge in [0.1, 0.15) is 24.4 Å². The van der Waals surface area contributed by atoms with Gasteiger partial charge in [0, 0.05) is 5.92 Å². The number of phosphoric ester groups is 2. The van der Waals surface area contributed by atoms with E-state index in [0.717, 1.165) is 24.8 Å². The van der Waals surface area contributed by atoms with Gasteiger partial charge in [0.25, 0.3) is 0 Å². The highest BCUT2D eigenvalue weighted by Gasteiger charge is 2.61. The van der Waals surface area contributed by atoms with E-state index < -0.39 is 59.1 Å². The fourth-order valence-corrected chi connectivity index (χ4v) is 11.5. The van der Waals surface area contributed by atoms with Crippen molar-refractivity contribution in [3.8, 4) is 0 Å². The van der Waals surface area contributed by atoms with Gasteiger partial charge in [0.05, 0.1) is 12.7 Å². The lowest BCUT2D eigenvalue weighted by atomic mass is 9.46. The summed E-state index contributed by atoms with van der Waals surface area (Å²) in [6.07, 6.45) is 1.07. The van der Waals surface area contributed by atoms with Gasteiger partial charge in [-0.15, -0.1) is 0 Å². The number of carbonyl (C=O) groups excluding carboxylic acids is 1. The van der Waals surface area contributed by atoms with Gasteiger partial charge in [-0.25, -0.2) is 9.13 Å². The van der Waals surface area contributed by atoms with Crippen LogP contribution in [0, 0.1) is 46.3 Å². The number of allylic oxidation sites excluding steroid dienone is 1. The SMILES string of the molecule is CC(C)CCC[C@@H](C)[C@H]1CC[C@H]2[C@@H]3C(=O)C=C4C[C@@H](OP(=O)(O)O[C@H]5O[C@H](COP(=O)(O)O)[C@H](O)[C@@H](O)[C@@H]5O)CC[C@]4(C)[C@H]3CC[C@]12C. The fourth-order valence-electron chi connectivity index (χ4n) is 10.1. The number of phosphoric acid groups is 2. The minimum absolute atomic E-state index is 0.0238. The molecule has 276 valence electrons. The van der Waals surface area contributed by atoms with E-state index in [1.54, 1.807) is 6.08 Å². The van der Waals surface area contributed by atoms with Crippen LogP contribution in [0.25, 0.3) is 0 Å². The molecule has 4 aliphatic carbocycles. The molecule has 0 amide bonds. The van der Waals surface area contributed by atoms with E-state index >= 15 is 0 Å². The molecule has 48 heavy (non-hydrogen) atoms. The number of aliphatic hydroxyl groups is 3. The summed E-state index contributed by atoms with van der Waals surface area (Å²) in [4.78, 5) is 42.5. The van der Waals surface area contributed by atoms with E-state index in [-0.39, 0.29) is 34.9 Å². The highest BCUT2D eigenvalue weighted by atomic mass is 31.2. The number of ether oxygens (including phenoxy) is 1. The number of rotatable bonds is 12. The topological polar surface area (TPSA) is 210 Å². The summed E-state index contributed by atoms with van der Waals surface area (Å²) >= 11 is 0. The van der Waals surface area contributed by atoms with E-state index in [2.05, 4.69) is 39.1 Å². The predicted molar refractivity (Wildman–Crippen MR) is 174 cm³/mol. The van der Waals surface area contributed by atoms with Gasteiger partial charge < -0.3 is 34.7 Å². The molecule has 0 spiro atoms. The molecule has 6 N–H and O–H groups in total. The molecule has 0 aromatic rings. The van der Waals surface area contributed by atoms with Crippen molar-refractivity contribution in [3.05, 3.63) is 11.6 Å². The third kappa shape index (κ3) is 7.93. The molecular formula is C33H56O13P2. The summed E-state index contributed by atoms with van der Waals surface area (Å²) in [6, 6.07) is 0. The molecule has 3 saturated carbocycles. The van der Waals surface area contributed by atoms with Crippen LogP contribution in [0.5, 0.6) is 0 Å². The monoisotopic (exact) mass is 722 g/mol. The number of ketones is 1. The molecule has 5 aliphatic rings. The lowest BCUT2D eigenvalue weighted by Gasteiger charge is -2.57. The van der Waals surface area contributed by atoms with Crippen molar-refractivity contribution in [2.75, 3.05) is 6.61 Å². The molecule has 0 aromatic heterocycles. The highest BCUT2D eigenvalue weighted by Crippen LogP contribution is 2.67. The Morgan fingerprint density at radius 3 is 2.29 bits per heavy atom. The Labute approximate surface area is 283 Å². The Balaban J connectivity index is 1.23. The predicted octanol–water partition coefficient (Wildman–Crippen LogP) is 4.63. The maximum atomic E-state index is 13.9. The van der Waals surface area contributed by atoms with Crippen LogP contribution >= 0.6 is 15.6 Å². The molecular weight excluding hydrogens is 666 g/mol. The van der Waals surface area contributed by atoms with Crippen molar-refractivity contribution in [3.63, 3.8) is 0 Å². The smallest absolute Gasteiger partial charge is 0.387 e. The van der Waals surface area contributed by atoms with E-state index in [1.807, 2.05) is 0 Å². The molecule has 0 bridgehead atoms. The Kier molecular flexibility index (Phi) is 11.7. The Morgan fingerprint density at radius 1 is 0.917 bits per heavy atom. The zero-order valence-corrected chi connectivity index (χ0v) is 30.5. The van der Waals surface area contributed by atoms with Crippen LogP contribution < -0.4 is 0 Å². The van der Waals surface area contributed by atoms with E-state index in [9.17, 15) is 34.1 Å². The molecule has 13 nitrogen and oxygen atoms in total. The van der Waals surface area contributed by atoms with Crippen LogP contribution in [0.15, 0.2) is 11.6 Å². The number of carbonyl (C=O) groups is 1. The summed E-state index contributed by atoms with van der Waals surface area (Å²) in [6.45, 7) is 10.7. The summed E-state index contributed by atoms with van der Waals surface area (Å²) in [7, 11) is -9.91. The van der Waals surface area contributed by atoms with Gasteiger partial charge in [-0.2, -0.15) is 0 Å². The highest BCUT2D eigenvalue weighted by molar-refractivity contribution is 7.47. The standard InChI is InChI=1S/C33H56O13P2/c1-18(2)7-6-8-19(3)22-9-10-23-27-24(12-14-33(22,23)5)32(4)13-11-21(15-20(32)16-25(27)34)45-48(41,42)46-31-30(37)29(36)28(35)26(44-31)17-43-47(38,39)40/h16,18-19,21-24,26-31,35-37H,6-15,17H2,1-5H3,(H,41,42)(H2,38,39,40)/t19-,21+,22-,23+,24+,26-,27+,28+,29-,30+,31-,32+,33-/m1/s1. The van der Waals surface area contributed by atoms with Gasteiger partial charge in [0.15, 0.2) is 12.1 Å². The van der Waals surface area contributed by atoms with Crippen molar-refractivity contribution in [1.29, 1.82) is 0 Å². The third-order valence-corrected chi connectivity index (χ3v) is 14.2. The second kappa shape index (κ2) is 14.5. The number of aliphatic hydroxyl groups excluding tert-OH is 3. The van der Waals surface area contributed by atoms with Crippen LogP contribution in [-0.4, -0.2) is 79.2 Å². The van der Waals surface area contributed by atoms with Gasteiger partial charge in [-0.05, 0) is 91.4 Å². The molecule has 14 atom stereocenters. The first-order valence-corrected chi connectivity index (χ1v) is 20.6. The van der Waals surface area contributed by atoms with E-state index in [0.29, 0.717) is 36.5 Å². The second-order valence-electron chi connectivity index (χ2n) is 16.1. The summed E-state index contributed by atoms with van der Waals surface area (Å²) < 4.78 is 44.4. The van der Waals surface area contributed by atoms with Gasteiger partial charge in [-0.3, -0.25) is 18.4 Å². The van der Waals surface area contributed by atoms with Crippen molar-refractivity contribution in [2.45, 2.75) is 136 Å². The summed E-state index contributed by atoms with van der Waals surface area (Å²) in [5.74, 6) is 2.63. The van der Waals surface area contributed by atoms with Crippen molar-refractivity contribution in [2.24, 2.45) is 46.3 Å². The van der Waals surface area contributed by atoms with Crippen molar-refractivity contribution < 1.29 is 62.2 Å². The fraction of sp³-hybridized carbons (Fsp3) is 0.909. The Morgan fingerprint density at radius 2 is 1.62 bits per heavy atom. The van der Waals surface area contributed by atoms with Gasteiger partial charge >= 0.3 is 15.6 Å². The molecule has 1 saturated heterocycles. The second-order valence-corrected chi connectivity index (χ2v) is 18.7. The summed E-state index contributed by atoms with van der Waals surface area (Å²) in [5, 5.41) is 30.7. The zero-order valence-electron chi connectivity index (χ0n) is 28.7. The lowest BCUT2D eigenvalue weighted by Crippen LogP contribution is -2.59. The number of fused-ring (bicyclic) bond motifs is 5. The van der Waals surface area contributed by atoms with Crippen LogP contribution in [0.4, 0.5) is 0 Å². The average Bonchev–Trinajstić information content (AvgIpc) is 3.34. The van der Waals surface area contributed by atoms with E-state index in [4.69, 9.17) is 23.6 Å². The molecule has 4 fully saturated rings. The lowest BCUT2D eigenvalue weighted by molar-refractivity contribution is -0.280. The summed E-state index contributed by atoms with van der Waals surface area (Å²) in [5.41, 5.74) is 0.816. The molecule has 0 radical (unpaired) electrons. The zero-order chi connectivity index (χ0) is 35.4. The molecule has 1 aliphatic heterocycles. The molecule has 0 aromatic carbocycles. The van der Waals surface area contributed by atoms with Crippen LogP contribution in [0.3, 0.4) is 0 Å². The van der Waals surface area contributed by atoms with Crippen molar-refractivity contribution in [1.82, 2.24) is 0 Å². The largest absolute Gasteiger partial charge is 0.474 e. The quantitative estimate of drug-likeness (QED) is 0.152. The first-order valence-electron chi connectivity index (χ1n) is 17.6. The maximum absolute atomic E-state index is 13.9. The van der Waals surface area contributed by atoms with E-state index in [1.165, 1.54) is 25.7 Å². The normalized spacial score (nSPS) is 43.6. The Hall–Kier alpha value is -0.530. The first kappa shape index (κ1) is 38.7. The minimum Gasteiger partial charge on any atom is -0.387 e.